The van der Waals surface area contributed by atoms with Gasteiger partial charge in [-0.25, -0.2) is 9.37 Å². The molecular formula is C12H10F4N2S. The number of hydrogen-bond donors (Lipinski definition) is 1. The second kappa shape index (κ2) is 4.90. The summed E-state index contributed by atoms with van der Waals surface area (Å²) in [5.41, 5.74) is 7.19. The highest BCUT2D eigenvalue weighted by Gasteiger charge is 2.34. The maximum atomic E-state index is 13.5. The van der Waals surface area contributed by atoms with Crippen molar-refractivity contribution in [3.05, 3.63) is 51.2 Å². The standard InChI is InChI=1S/C12H10F4N2S/c1-6-11(19-5-18-6)10(17)7-2-3-8(9(13)4-7)12(14,15)16/h2-5,10H,17H2,1H3. The van der Waals surface area contributed by atoms with E-state index in [1.54, 1.807) is 12.4 Å². The van der Waals surface area contributed by atoms with Crippen LogP contribution in [0.25, 0.3) is 0 Å². The fourth-order valence-electron chi connectivity index (χ4n) is 1.72. The SMILES string of the molecule is Cc1ncsc1C(N)c1ccc(C(F)(F)F)c(F)c1. The molecule has 0 bridgehead atoms. The van der Waals surface area contributed by atoms with Gasteiger partial charge in [0.1, 0.15) is 5.82 Å². The van der Waals surface area contributed by atoms with Crippen LogP contribution < -0.4 is 5.73 Å². The van der Waals surface area contributed by atoms with Crippen LogP contribution in [0.15, 0.2) is 23.7 Å². The van der Waals surface area contributed by atoms with Gasteiger partial charge in [0, 0.05) is 4.88 Å². The Labute approximate surface area is 110 Å². The van der Waals surface area contributed by atoms with Crippen molar-refractivity contribution < 1.29 is 17.6 Å². The number of alkyl halides is 3. The van der Waals surface area contributed by atoms with Gasteiger partial charge in [0.15, 0.2) is 0 Å². The predicted octanol–water partition coefficient (Wildman–Crippen LogP) is 3.66. The van der Waals surface area contributed by atoms with Crippen LogP contribution in [0.2, 0.25) is 0 Å². The summed E-state index contributed by atoms with van der Waals surface area (Å²) in [6.45, 7) is 1.74. The molecule has 0 saturated carbocycles. The van der Waals surface area contributed by atoms with Crippen LogP contribution in [-0.2, 0) is 6.18 Å². The van der Waals surface area contributed by atoms with Crippen molar-refractivity contribution in [2.24, 2.45) is 5.73 Å². The summed E-state index contributed by atoms with van der Waals surface area (Å²) in [4.78, 5) is 4.71. The van der Waals surface area contributed by atoms with Crippen molar-refractivity contribution >= 4 is 11.3 Å². The monoisotopic (exact) mass is 290 g/mol. The van der Waals surface area contributed by atoms with Gasteiger partial charge < -0.3 is 5.73 Å². The molecule has 0 fully saturated rings. The summed E-state index contributed by atoms with van der Waals surface area (Å²) >= 11 is 1.29. The number of halogens is 4. The maximum absolute atomic E-state index is 13.5. The van der Waals surface area contributed by atoms with Crippen LogP contribution in [0.1, 0.15) is 27.7 Å². The number of nitrogens with zero attached hydrogens (tertiary/aromatic N) is 1. The van der Waals surface area contributed by atoms with Crippen molar-refractivity contribution in [1.29, 1.82) is 0 Å². The van der Waals surface area contributed by atoms with Gasteiger partial charge in [-0.3, -0.25) is 0 Å². The molecule has 2 N–H and O–H groups in total. The van der Waals surface area contributed by atoms with Gasteiger partial charge in [-0.1, -0.05) is 6.07 Å². The summed E-state index contributed by atoms with van der Waals surface area (Å²) in [5.74, 6) is -1.32. The van der Waals surface area contributed by atoms with E-state index in [0.717, 1.165) is 6.07 Å². The highest BCUT2D eigenvalue weighted by Crippen LogP contribution is 2.33. The summed E-state index contributed by atoms with van der Waals surface area (Å²) in [6, 6.07) is 2.05. The Bertz CT molecular complexity index is 592. The molecule has 2 rings (SSSR count). The minimum atomic E-state index is -4.70. The van der Waals surface area contributed by atoms with E-state index in [1.165, 1.54) is 17.4 Å². The summed E-state index contributed by atoms with van der Waals surface area (Å²) in [6.07, 6.45) is -4.70. The number of benzene rings is 1. The molecule has 0 aliphatic carbocycles. The fraction of sp³-hybridized carbons (Fsp3) is 0.250. The largest absolute Gasteiger partial charge is 0.419 e. The molecule has 1 heterocycles. The van der Waals surface area contributed by atoms with Gasteiger partial charge in [-0.15, -0.1) is 11.3 Å². The van der Waals surface area contributed by atoms with Crippen molar-refractivity contribution in [1.82, 2.24) is 4.98 Å². The average Bonchev–Trinajstić information content (AvgIpc) is 2.72. The molecule has 0 radical (unpaired) electrons. The van der Waals surface area contributed by atoms with Gasteiger partial charge in [-0.05, 0) is 24.6 Å². The summed E-state index contributed by atoms with van der Waals surface area (Å²) < 4.78 is 50.8. The molecule has 102 valence electrons. The first-order chi connectivity index (χ1) is 8.80. The first-order valence-electron chi connectivity index (χ1n) is 5.33. The molecular weight excluding hydrogens is 280 g/mol. The molecule has 19 heavy (non-hydrogen) atoms. The van der Waals surface area contributed by atoms with E-state index in [1.807, 2.05) is 0 Å². The van der Waals surface area contributed by atoms with Crippen molar-refractivity contribution in [2.45, 2.75) is 19.1 Å². The van der Waals surface area contributed by atoms with Gasteiger partial charge in [0.2, 0.25) is 0 Å². The molecule has 0 saturated heterocycles. The lowest BCUT2D eigenvalue weighted by atomic mass is 10.0. The van der Waals surface area contributed by atoms with Gasteiger partial charge >= 0.3 is 6.18 Å². The molecule has 2 nitrogen and oxygen atoms in total. The second-order valence-corrected chi connectivity index (χ2v) is 4.90. The van der Waals surface area contributed by atoms with E-state index in [-0.39, 0.29) is 5.56 Å². The van der Waals surface area contributed by atoms with E-state index in [2.05, 4.69) is 4.98 Å². The number of nitrogens with two attached hydrogens (primary N) is 1. The third kappa shape index (κ3) is 2.76. The van der Waals surface area contributed by atoms with Gasteiger partial charge in [0.25, 0.3) is 0 Å². The van der Waals surface area contributed by atoms with Crippen LogP contribution in [0.5, 0.6) is 0 Å². The van der Waals surface area contributed by atoms with Crippen LogP contribution in [-0.4, -0.2) is 4.98 Å². The molecule has 0 spiro atoms. The molecule has 7 heteroatoms. The highest BCUT2D eigenvalue weighted by atomic mass is 32.1. The Kier molecular flexibility index (Phi) is 3.60. The van der Waals surface area contributed by atoms with Crippen molar-refractivity contribution in [3.8, 4) is 0 Å². The number of aromatic nitrogens is 1. The lowest BCUT2D eigenvalue weighted by Crippen LogP contribution is -2.14. The molecule has 1 aromatic heterocycles. The van der Waals surface area contributed by atoms with E-state index in [0.29, 0.717) is 16.6 Å². The second-order valence-electron chi connectivity index (χ2n) is 4.02. The van der Waals surface area contributed by atoms with Crippen LogP contribution in [0.3, 0.4) is 0 Å². The molecule has 1 atom stereocenters. The number of rotatable bonds is 2. The minimum Gasteiger partial charge on any atom is -0.320 e. The summed E-state index contributed by atoms with van der Waals surface area (Å²) in [7, 11) is 0. The lowest BCUT2D eigenvalue weighted by molar-refractivity contribution is -0.140. The minimum absolute atomic E-state index is 0.290. The van der Waals surface area contributed by atoms with Gasteiger partial charge in [-0.2, -0.15) is 13.2 Å². The Morgan fingerprint density at radius 2 is 2.00 bits per heavy atom. The number of hydrogen-bond acceptors (Lipinski definition) is 3. The van der Waals surface area contributed by atoms with Crippen LogP contribution in [0.4, 0.5) is 17.6 Å². The Morgan fingerprint density at radius 1 is 1.32 bits per heavy atom. The van der Waals surface area contributed by atoms with E-state index >= 15 is 0 Å². The zero-order valence-electron chi connectivity index (χ0n) is 9.83. The quantitative estimate of drug-likeness (QED) is 0.857. The third-order valence-electron chi connectivity index (χ3n) is 2.72. The normalized spacial score (nSPS) is 13.6. The van der Waals surface area contributed by atoms with Crippen molar-refractivity contribution in [2.75, 3.05) is 0 Å². The molecule has 2 aromatic rings. The zero-order chi connectivity index (χ0) is 14.2. The lowest BCUT2D eigenvalue weighted by Gasteiger charge is -2.13. The molecule has 1 aromatic carbocycles. The highest BCUT2D eigenvalue weighted by molar-refractivity contribution is 7.09. The number of thiazole rings is 1. The molecule has 1 unspecified atom stereocenters. The summed E-state index contributed by atoms with van der Waals surface area (Å²) in [5, 5.41) is 0. The van der Waals surface area contributed by atoms with Crippen LogP contribution in [0, 0.1) is 12.7 Å². The topological polar surface area (TPSA) is 38.9 Å². The van der Waals surface area contributed by atoms with Gasteiger partial charge in [0.05, 0.1) is 22.8 Å². The zero-order valence-corrected chi connectivity index (χ0v) is 10.6. The Hall–Kier alpha value is -1.47. The molecule has 0 aliphatic heterocycles. The van der Waals surface area contributed by atoms with Crippen LogP contribution >= 0.6 is 11.3 Å². The smallest absolute Gasteiger partial charge is 0.320 e. The van der Waals surface area contributed by atoms with E-state index in [9.17, 15) is 17.6 Å². The fourth-order valence-corrected chi connectivity index (χ4v) is 2.55. The van der Waals surface area contributed by atoms with E-state index in [4.69, 9.17) is 5.73 Å². The Morgan fingerprint density at radius 3 is 2.47 bits per heavy atom. The number of aryl methyl sites for hydroxylation is 1. The Balaban J connectivity index is 2.38. The maximum Gasteiger partial charge on any atom is 0.419 e. The predicted molar refractivity (Wildman–Crippen MR) is 64.3 cm³/mol. The average molecular weight is 290 g/mol. The van der Waals surface area contributed by atoms with E-state index < -0.39 is 23.6 Å². The first-order valence-corrected chi connectivity index (χ1v) is 6.21. The third-order valence-corrected chi connectivity index (χ3v) is 3.74. The molecule has 0 aliphatic rings. The first kappa shape index (κ1) is 14.0. The molecule has 0 amide bonds. The van der Waals surface area contributed by atoms with Crippen molar-refractivity contribution in [3.63, 3.8) is 0 Å².